The summed E-state index contributed by atoms with van der Waals surface area (Å²) in [6, 6.07) is 21.7. The van der Waals surface area contributed by atoms with Crippen molar-refractivity contribution in [2.45, 2.75) is 0 Å². The van der Waals surface area contributed by atoms with E-state index >= 15 is 0 Å². The lowest BCUT2D eigenvalue weighted by Gasteiger charge is -2.10. The predicted octanol–water partition coefficient (Wildman–Crippen LogP) is 5.28. The number of anilines is 1. The van der Waals surface area contributed by atoms with Gasteiger partial charge in [0.25, 0.3) is 5.91 Å². The van der Waals surface area contributed by atoms with Gasteiger partial charge in [0.15, 0.2) is 10.7 Å². The van der Waals surface area contributed by atoms with E-state index in [0.29, 0.717) is 16.5 Å². The van der Waals surface area contributed by atoms with Crippen molar-refractivity contribution < 1.29 is 9.21 Å². The quantitative estimate of drug-likeness (QED) is 0.452. The van der Waals surface area contributed by atoms with Gasteiger partial charge >= 0.3 is 0 Å². The Hall–Kier alpha value is -3.22. The maximum absolute atomic E-state index is 12.2. The Balaban J connectivity index is 1.42. The fourth-order valence-electron chi connectivity index (χ4n) is 2.66. The third-order valence-electron chi connectivity index (χ3n) is 4.00. The summed E-state index contributed by atoms with van der Waals surface area (Å²) < 4.78 is 5.76. The third-order valence-corrected chi connectivity index (χ3v) is 4.44. The van der Waals surface area contributed by atoms with E-state index in [0.717, 1.165) is 22.4 Å². The van der Waals surface area contributed by atoms with Crippen LogP contribution in [0.4, 0.5) is 5.69 Å². The highest BCUT2D eigenvalue weighted by atomic mass is 35.5. The van der Waals surface area contributed by atoms with E-state index in [1.165, 1.54) is 0 Å². The minimum absolute atomic E-state index is 0.194. The monoisotopic (exact) mass is 407 g/mol. The Morgan fingerprint density at radius 3 is 2.54 bits per heavy atom. The zero-order valence-corrected chi connectivity index (χ0v) is 16.1. The molecule has 0 bridgehead atoms. The summed E-state index contributed by atoms with van der Waals surface area (Å²) in [6.45, 7) is 0. The number of carbonyl (C=O) groups is 1. The summed E-state index contributed by atoms with van der Waals surface area (Å²) in [5.41, 5.74) is 3.56. The van der Waals surface area contributed by atoms with Crippen LogP contribution in [0.5, 0.6) is 0 Å². The Bertz CT molecular complexity index is 1140. The molecule has 3 aromatic carbocycles. The number of nitrogens with one attached hydrogen (secondary N) is 2. The van der Waals surface area contributed by atoms with Crippen LogP contribution >= 0.6 is 23.8 Å². The first-order chi connectivity index (χ1) is 13.6. The van der Waals surface area contributed by atoms with Crippen LogP contribution in [0.3, 0.4) is 0 Å². The second-order valence-electron chi connectivity index (χ2n) is 5.98. The van der Waals surface area contributed by atoms with Gasteiger partial charge in [-0.15, -0.1) is 0 Å². The van der Waals surface area contributed by atoms with E-state index in [1.54, 1.807) is 24.3 Å². The number of oxazole rings is 1. The number of carbonyl (C=O) groups excluding carboxylic acids is 1. The molecule has 0 radical (unpaired) electrons. The fourth-order valence-corrected chi connectivity index (χ4v) is 3.06. The number of rotatable bonds is 3. The normalized spacial score (nSPS) is 10.6. The molecule has 138 valence electrons. The highest BCUT2D eigenvalue weighted by molar-refractivity contribution is 7.80. The highest BCUT2D eigenvalue weighted by Gasteiger charge is 2.10. The molecule has 28 heavy (non-hydrogen) atoms. The minimum Gasteiger partial charge on any atom is -0.436 e. The van der Waals surface area contributed by atoms with Crippen LogP contribution in [-0.4, -0.2) is 16.0 Å². The van der Waals surface area contributed by atoms with Crippen LogP contribution in [0, 0.1) is 0 Å². The molecule has 0 saturated carbocycles. The number of thiocarbonyl (C=S) groups is 1. The average Bonchev–Trinajstić information content (AvgIpc) is 3.12. The first-order valence-corrected chi connectivity index (χ1v) is 9.21. The molecule has 0 spiro atoms. The molecule has 4 rings (SSSR count). The van der Waals surface area contributed by atoms with Crippen LogP contribution in [0.25, 0.3) is 22.6 Å². The predicted molar refractivity (Wildman–Crippen MR) is 115 cm³/mol. The van der Waals surface area contributed by atoms with Crippen LogP contribution in [-0.2, 0) is 0 Å². The van der Waals surface area contributed by atoms with E-state index in [9.17, 15) is 4.79 Å². The average molecular weight is 408 g/mol. The first-order valence-electron chi connectivity index (χ1n) is 8.42. The van der Waals surface area contributed by atoms with Gasteiger partial charge < -0.3 is 9.73 Å². The van der Waals surface area contributed by atoms with E-state index in [1.807, 2.05) is 48.5 Å². The number of fused-ring (bicyclic) bond motifs is 1. The van der Waals surface area contributed by atoms with E-state index in [-0.39, 0.29) is 11.0 Å². The van der Waals surface area contributed by atoms with Gasteiger partial charge in [0, 0.05) is 21.8 Å². The number of hydrogen-bond acceptors (Lipinski definition) is 4. The van der Waals surface area contributed by atoms with E-state index < -0.39 is 0 Å². The number of nitrogens with zero attached hydrogens (tertiary/aromatic N) is 1. The fraction of sp³-hybridized carbons (Fsp3) is 0. The Morgan fingerprint density at radius 1 is 1.00 bits per heavy atom. The minimum atomic E-state index is -0.330. The number of aromatic nitrogens is 1. The first kappa shape index (κ1) is 18.2. The summed E-state index contributed by atoms with van der Waals surface area (Å²) >= 11 is 11.1. The molecule has 0 fully saturated rings. The molecule has 7 heteroatoms. The van der Waals surface area contributed by atoms with Crippen molar-refractivity contribution in [1.82, 2.24) is 10.3 Å². The summed E-state index contributed by atoms with van der Waals surface area (Å²) in [4.78, 5) is 16.7. The molecule has 4 aromatic rings. The van der Waals surface area contributed by atoms with Crippen molar-refractivity contribution in [2.24, 2.45) is 0 Å². The smallest absolute Gasteiger partial charge is 0.257 e. The maximum atomic E-state index is 12.2. The van der Waals surface area contributed by atoms with Crippen LogP contribution in [0.1, 0.15) is 10.4 Å². The largest absolute Gasteiger partial charge is 0.436 e. The molecule has 0 atom stereocenters. The summed E-state index contributed by atoms with van der Waals surface area (Å²) in [7, 11) is 0. The maximum Gasteiger partial charge on any atom is 0.257 e. The lowest BCUT2D eigenvalue weighted by Crippen LogP contribution is -2.34. The Labute approximate surface area is 171 Å². The van der Waals surface area contributed by atoms with Gasteiger partial charge in [-0.25, -0.2) is 4.98 Å². The molecule has 5 nitrogen and oxygen atoms in total. The molecule has 0 aliphatic rings. The molecule has 0 unspecified atom stereocenters. The zero-order chi connectivity index (χ0) is 19.5. The summed E-state index contributed by atoms with van der Waals surface area (Å²) in [5.74, 6) is 0.215. The Morgan fingerprint density at radius 2 is 1.79 bits per heavy atom. The molecule has 0 saturated heterocycles. The van der Waals surface area contributed by atoms with Crippen molar-refractivity contribution in [1.29, 1.82) is 0 Å². The third kappa shape index (κ3) is 4.03. The van der Waals surface area contributed by atoms with Gasteiger partial charge in [-0.2, -0.15) is 0 Å². The lowest BCUT2D eigenvalue weighted by molar-refractivity contribution is 0.0977. The molecular weight excluding hydrogens is 394 g/mol. The SMILES string of the molecule is O=C(NC(=S)Nc1ccc(-c2nc3ccccc3o2)cc1)c1cccc(Cl)c1. The molecule has 1 heterocycles. The highest BCUT2D eigenvalue weighted by Crippen LogP contribution is 2.25. The number of amides is 1. The van der Waals surface area contributed by atoms with Crippen molar-refractivity contribution >= 4 is 51.6 Å². The zero-order valence-electron chi connectivity index (χ0n) is 14.5. The van der Waals surface area contributed by atoms with Crippen molar-refractivity contribution in [2.75, 3.05) is 5.32 Å². The number of para-hydroxylation sites is 2. The van der Waals surface area contributed by atoms with Gasteiger partial charge in [-0.05, 0) is 66.8 Å². The lowest BCUT2D eigenvalue weighted by atomic mass is 10.2. The van der Waals surface area contributed by atoms with Gasteiger partial charge in [-0.3, -0.25) is 10.1 Å². The summed E-state index contributed by atoms with van der Waals surface area (Å²) in [6.07, 6.45) is 0. The molecule has 1 aromatic heterocycles. The van der Waals surface area contributed by atoms with E-state index in [2.05, 4.69) is 15.6 Å². The van der Waals surface area contributed by atoms with Crippen LogP contribution < -0.4 is 10.6 Å². The number of benzene rings is 3. The molecular formula is C21H14ClN3O2S. The molecule has 2 N–H and O–H groups in total. The van der Waals surface area contributed by atoms with Gasteiger partial charge in [0.1, 0.15) is 5.52 Å². The van der Waals surface area contributed by atoms with Crippen molar-refractivity contribution in [3.05, 3.63) is 83.4 Å². The van der Waals surface area contributed by atoms with Gasteiger partial charge in [-0.1, -0.05) is 29.8 Å². The van der Waals surface area contributed by atoms with Crippen molar-refractivity contribution in [3.63, 3.8) is 0 Å². The topological polar surface area (TPSA) is 67.2 Å². The van der Waals surface area contributed by atoms with Crippen LogP contribution in [0.2, 0.25) is 5.02 Å². The number of hydrogen-bond donors (Lipinski definition) is 2. The second-order valence-corrected chi connectivity index (χ2v) is 6.83. The molecule has 0 aliphatic carbocycles. The van der Waals surface area contributed by atoms with Gasteiger partial charge in [0.05, 0.1) is 0 Å². The second kappa shape index (κ2) is 7.80. The summed E-state index contributed by atoms with van der Waals surface area (Å²) in [5, 5.41) is 6.29. The molecule has 0 aliphatic heterocycles. The van der Waals surface area contributed by atoms with Crippen molar-refractivity contribution in [3.8, 4) is 11.5 Å². The molecule has 1 amide bonds. The van der Waals surface area contributed by atoms with Gasteiger partial charge in [0.2, 0.25) is 5.89 Å². The van der Waals surface area contributed by atoms with E-state index in [4.69, 9.17) is 28.2 Å². The Kier molecular flexibility index (Phi) is 5.06. The van der Waals surface area contributed by atoms with Crippen LogP contribution in [0.15, 0.2) is 77.2 Å². The number of halogens is 1. The standard InChI is InChI=1S/C21H14ClN3O2S/c22-15-5-3-4-14(12-15)19(26)25-21(28)23-16-10-8-13(9-11-16)20-24-17-6-1-2-7-18(17)27-20/h1-12H,(H2,23,25,26,28).